The number of hydrogen-bond donors (Lipinski definition) is 0. The third-order valence-electron chi connectivity index (χ3n) is 6.07. The fourth-order valence-electron chi connectivity index (χ4n) is 4.23. The van der Waals surface area contributed by atoms with Gasteiger partial charge in [0, 0.05) is 33.0 Å². The molecule has 5 rings (SSSR count). The number of anilines is 1. The minimum atomic E-state index is -0.432. The average Bonchev–Trinajstić information content (AvgIpc) is 3.48. The van der Waals surface area contributed by atoms with E-state index in [1.807, 2.05) is 28.6 Å². The zero-order valence-electron chi connectivity index (χ0n) is 19.3. The zero-order valence-corrected chi connectivity index (χ0v) is 21.7. The molecule has 1 aromatic heterocycles. The summed E-state index contributed by atoms with van der Waals surface area (Å²) in [5, 5.41) is 10.7. The summed E-state index contributed by atoms with van der Waals surface area (Å²) in [5.74, 6) is -0.238. The lowest BCUT2D eigenvalue weighted by Crippen LogP contribution is -2.18. The van der Waals surface area contributed by atoms with Crippen LogP contribution in [0.3, 0.4) is 0 Å². The lowest BCUT2D eigenvalue weighted by molar-refractivity contribution is 0.386. The highest BCUT2D eigenvalue weighted by Crippen LogP contribution is 2.42. The van der Waals surface area contributed by atoms with E-state index in [1.165, 1.54) is 30.1 Å². The summed E-state index contributed by atoms with van der Waals surface area (Å²) in [5.41, 5.74) is 6.63. The van der Waals surface area contributed by atoms with Crippen molar-refractivity contribution in [1.82, 2.24) is 4.98 Å². The summed E-state index contributed by atoms with van der Waals surface area (Å²) in [6.45, 7) is 4.15. The molecule has 2 heterocycles. The minimum Gasteiger partial charge on any atom is -0.494 e. The Balaban J connectivity index is 1.58. The molecule has 0 saturated carbocycles. The van der Waals surface area contributed by atoms with E-state index in [0.29, 0.717) is 22.0 Å². The summed E-state index contributed by atoms with van der Waals surface area (Å²) in [6.07, 6.45) is 0.533. The van der Waals surface area contributed by atoms with Gasteiger partial charge in [-0.15, -0.1) is 11.3 Å². The van der Waals surface area contributed by atoms with E-state index < -0.39 is 5.82 Å². The zero-order chi connectivity index (χ0) is 24.7. The van der Waals surface area contributed by atoms with Gasteiger partial charge in [0.15, 0.2) is 11.6 Å². The molecule has 0 amide bonds. The van der Waals surface area contributed by atoms with Gasteiger partial charge < -0.3 is 4.74 Å². The fraction of sp³-hybridized carbons (Fsp3) is 0.185. The van der Waals surface area contributed by atoms with Crippen molar-refractivity contribution in [3.63, 3.8) is 0 Å². The van der Waals surface area contributed by atoms with Gasteiger partial charge in [-0.05, 0) is 61.4 Å². The number of halogens is 3. The third-order valence-corrected chi connectivity index (χ3v) is 7.47. The molecule has 4 aromatic rings. The first-order chi connectivity index (χ1) is 16.8. The van der Waals surface area contributed by atoms with Crippen molar-refractivity contribution >= 4 is 45.4 Å². The normalized spacial score (nSPS) is 15.4. The Labute approximate surface area is 217 Å². The molecule has 0 saturated heterocycles. The number of aryl methyl sites for hydroxylation is 2. The molecule has 4 nitrogen and oxygen atoms in total. The number of methoxy groups -OCH3 is 1. The molecule has 0 spiro atoms. The van der Waals surface area contributed by atoms with Crippen molar-refractivity contribution in [2.45, 2.75) is 26.3 Å². The molecule has 1 unspecified atom stereocenters. The SMILES string of the molecule is COc1ccc(C2=NN(c3nc(-c4cc(C)ccc4C)cs3)C(c3ccc(Cl)cc3Cl)C2)cc1F. The van der Waals surface area contributed by atoms with E-state index in [1.54, 1.807) is 12.1 Å². The fourth-order valence-corrected chi connectivity index (χ4v) is 5.58. The Morgan fingerprint density at radius 1 is 1.06 bits per heavy atom. The molecule has 35 heavy (non-hydrogen) atoms. The molecule has 0 bridgehead atoms. The summed E-state index contributed by atoms with van der Waals surface area (Å²) < 4.78 is 19.5. The standard InChI is InChI=1S/C27H22Cl2FN3OS/c1-15-4-5-16(2)20(10-15)24-14-35-27(31-24)33-25(19-8-7-18(28)12-21(19)29)13-23(32-33)17-6-9-26(34-3)22(30)11-17/h4-12,14,25H,13H2,1-3H3. The minimum absolute atomic E-state index is 0.194. The number of hydrazone groups is 1. The lowest BCUT2D eigenvalue weighted by Gasteiger charge is -2.22. The highest BCUT2D eigenvalue weighted by Gasteiger charge is 2.33. The molecule has 1 atom stereocenters. The quantitative estimate of drug-likeness (QED) is 0.263. The second kappa shape index (κ2) is 9.61. The molecule has 0 fully saturated rings. The second-order valence-electron chi connectivity index (χ2n) is 8.46. The number of hydrogen-bond acceptors (Lipinski definition) is 5. The van der Waals surface area contributed by atoms with Crippen LogP contribution in [0.1, 0.15) is 34.7 Å². The van der Waals surface area contributed by atoms with Crippen LogP contribution >= 0.6 is 34.5 Å². The first-order valence-electron chi connectivity index (χ1n) is 11.0. The number of aromatic nitrogens is 1. The van der Waals surface area contributed by atoms with Crippen LogP contribution < -0.4 is 9.75 Å². The third kappa shape index (κ3) is 4.66. The summed E-state index contributed by atoms with van der Waals surface area (Å²) in [4.78, 5) is 4.93. The maximum absolute atomic E-state index is 14.5. The maximum atomic E-state index is 14.5. The van der Waals surface area contributed by atoms with Crippen LogP contribution in [0.5, 0.6) is 5.75 Å². The highest BCUT2D eigenvalue weighted by atomic mass is 35.5. The molecule has 1 aliphatic rings. The van der Waals surface area contributed by atoms with Crippen LogP contribution in [0.25, 0.3) is 11.3 Å². The molecule has 1 aliphatic heterocycles. The van der Waals surface area contributed by atoms with Gasteiger partial charge in [0.2, 0.25) is 5.13 Å². The van der Waals surface area contributed by atoms with E-state index >= 15 is 0 Å². The number of thiazole rings is 1. The molecule has 0 aliphatic carbocycles. The second-order valence-corrected chi connectivity index (χ2v) is 10.1. The summed E-state index contributed by atoms with van der Waals surface area (Å²) >= 11 is 14.3. The first kappa shape index (κ1) is 23.8. The molecule has 8 heteroatoms. The maximum Gasteiger partial charge on any atom is 0.207 e. The van der Waals surface area contributed by atoms with Crippen LogP contribution in [-0.4, -0.2) is 17.8 Å². The topological polar surface area (TPSA) is 37.7 Å². The van der Waals surface area contributed by atoms with Crippen LogP contribution in [0.2, 0.25) is 10.0 Å². The van der Waals surface area contributed by atoms with Crippen LogP contribution in [-0.2, 0) is 0 Å². The largest absolute Gasteiger partial charge is 0.494 e. The Bertz CT molecular complexity index is 1450. The number of nitrogens with zero attached hydrogens (tertiary/aromatic N) is 3. The van der Waals surface area contributed by atoms with E-state index in [-0.39, 0.29) is 11.8 Å². The van der Waals surface area contributed by atoms with Crippen molar-refractivity contribution < 1.29 is 9.13 Å². The Kier molecular flexibility index (Phi) is 6.53. The van der Waals surface area contributed by atoms with Crippen LogP contribution in [0.4, 0.5) is 9.52 Å². The monoisotopic (exact) mass is 525 g/mol. The molecular weight excluding hydrogens is 504 g/mol. The van der Waals surface area contributed by atoms with Crippen molar-refractivity contribution in [3.8, 4) is 17.0 Å². The van der Waals surface area contributed by atoms with E-state index in [2.05, 4.69) is 32.0 Å². The van der Waals surface area contributed by atoms with Gasteiger partial charge in [0.1, 0.15) is 0 Å². The van der Waals surface area contributed by atoms with Gasteiger partial charge in [0.05, 0.1) is 24.6 Å². The summed E-state index contributed by atoms with van der Waals surface area (Å²) in [7, 11) is 1.45. The number of ether oxygens (including phenoxy) is 1. The van der Waals surface area contributed by atoms with E-state index in [4.69, 9.17) is 38.0 Å². The number of benzene rings is 3. The average molecular weight is 526 g/mol. The molecule has 0 radical (unpaired) electrons. The van der Waals surface area contributed by atoms with Gasteiger partial charge in [-0.3, -0.25) is 0 Å². The Hall–Kier alpha value is -2.93. The number of rotatable bonds is 5. The van der Waals surface area contributed by atoms with Crippen molar-refractivity contribution in [3.05, 3.63) is 98.1 Å². The predicted octanol–water partition coefficient (Wildman–Crippen LogP) is 8.24. The van der Waals surface area contributed by atoms with Gasteiger partial charge in [-0.25, -0.2) is 14.4 Å². The molecule has 178 valence electrons. The predicted molar refractivity (Wildman–Crippen MR) is 143 cm³/mol. The van der Waals surface area contributed by atoms with Gasteiger partial charge in [0.25, 0.3) is 0 Å². The van der Waals surface area contributed by atoms with E-state index in [9.17, 15) is 4.39 Å². The van der Waals surface area contributed by atoms with Crippen molar-refractivity contribution in [2.75, 3.05) is 12.1 Å². The van der Waals surface area contributed by atoms with Gasteiger partial charge >= 0.3 is 0 Å². The van der Waals surface area contributed by atoms with E-state index in [0.717, 1.165) is 33.2 Å². The van der Waals surface area contributed by atoms with Crippen LogP contribution in [0, 0.1) is 19.7 Å². The first-order valence-corrected chi connectivity index (χ1v) is 12.7. The van der Waals surface area contributed by atoms with Crippen molar-refractivity contribution in [2.24, 2.45) is 5.10 Å². The smallest absolute Gasteiger partial charge is 0.207 e. The molecule has 0 N–H and O–H groups in total. The lowest BCUT2D eigenvalue weighted by atomic mass is 9.98. The van der Waals surface area contributed by atoms with Gasteiger partial charge in [-0.2, -0.15) is 5.10 Å². The Morgan fingerprint density at radius 3 is 2.63 bits per heavy atom. The molecule has 3 aromatic carbocycles. The van der Waals surface area contributed by atoms with Crippen LogP contribution in [0.15, 0.2) is 65.1 Å². The summed E-state index contributed by atoms with van der Waals surface area (Å²) in [6, 6.07) is 16.5. The van der Waals surface area contributed by atoms with Gasteiger partial charge in [-0.1, -0.05) is 47.0 Å². The molecular formula is C27H22Cl2FN3OS. The highest BCUT2D eigenvalue weighted by molar-refractivity contribution is 7.14. The van der Waals surface area contributed by atoms with Crippen molar-refractivity contribution in [1.29, 1.82) is 0 Å². The Morgan fingerprint density at radius 2 is 1.89 bits per heavy atom.